The Hall–Kier alpha value is -2.34. The Bertz CT molecular complexity index is 454. The third-order valence-corrected chi connectivity index (χ3v) is 2.78. The molecule has 0 bridgehead atoms. The molecule has 0 saturated heterocycles. The number of methoxy groups -OCH3 is 1. The van der Waals surface area contributed by atoms with E-state index in [0.29, 0.717) is 0 Å². The van der Waals surface area contributed by atoms with E-state index in [1.54, 1.807) is 12.1 Å². The lowest BCUT2D eigenvalue weighted by Gasteiger charge is -2.04. The first kappa shape index (κ1) is 16.7. The number of rotatable bonds is 2. The SMILES string of the molecule is CC1CCCC1=C(C#N)C(=O)O.COC(=O)CC#N. The number of ether oxygens (including phenoxy) is 1. The summed E-state index contributed by atoms with van der Waals surface area (Å²) < 4.78 is 4.13. The van der Waals surface area contributed by atoms with Crippen molar-refractivity contribution in [3.05, 3.63) is 11.1 Å². The van der Waals surface area contributed by atoms with Gasteiger partial charge in [-0.15, -0.1) is 0 Å². The van der Waals surface area contributed by atoms with Crippen molar-refractivity contribution in [2.24, 2.45) is 5.92 Å². The van der Waals surface area contributed by atoms with Gasteiger partial charge in [0.05, 0.1) is 13.2 Å². The summed E-state index contributed by atoms with van der Waals surface area (Å²) in [6.45, 7) is 1.97. The van der Waals surface area contributed by atoms with Crippen LogP contribution in [-0.4, -0.2) is 24.2 Å². The predicted molar refractivity (Wildman–Crippen MR) is 65.5 cm³/mol. The maximum Gasteiger partial charge on any atom is 0.346 e. The number of aliphatic carboxylic acids is 1. The number of esters is 1. The van der Waals surface area contributed by atoms with E-state index in [1.807, 2.05) is 6.92 Å². The van der Waals surface area contributed by atoms with Gasteiger partial charge in [0.15, 0.2) is 0 Å². The first-order chi connectivity index (χ1) is 8.97. The molecule has 102 valence electrons. The average Bonchev–Trinajstić information content (AvgIpc) is 2.77. The first-order valence-electron chi connectivity index (χ1n) is 5.78. The fraction of sp³-hybridized carbons (Fsp3) is 0.538. The number of hydrogen-bond donors (Lipinski definition) is 1. The van der Waals surface area contributed by atoms with Gasteiger partial charge >= 0.3 is 11.9 Å². The molecule has 0 aromatic carbocycles. The van der Waals surface area contributed by atoms with Crippen molar-refractivity contribution in [1.82, 2.24) is 0 Å². The van der Waals surface area contributed by atoms with Crippen molar-refractivity contribution in [3.63, 3.8) is 0 Å². The second-order valence-corrected chi connectivity index (χ2v) is 4.02. The largest absolute Gasteiger partial charge is 0.477 e. The summed E-state index contributed by atoms with van der Waals surface area (Å²) in [5.41, 5.74) is 0.782. The van der Waals surface area contributed by atoms with E-state index in [0.717, 1.165) is 24.8 Å². The van der Waals surface area contributed by atoms with Gasteiger partial charge in [-0.2, -0.15) is 10.5 Å². The zero-order valence-corrected chi connectivity index (χ0v) is 11.0. The molecule has 1 saturated carbocycles. The standard InChI is InChI=1S/C9H11NO2.C4H5NO2/c1-6-3-2-4-7(6)8(5-10)9(11)12;1-7-4(6)2-3-5/h6H,2-4H2,1H3,(H,11,12);2H2,1H3. The van der Waals surface area contributed by atoms with E-state index in [-0.39, 0.29) is 17.9 Å². The second kappa shape index (κ2) is 8.71. The lowest BCUT2D eigenvalue weighted by Crippen LogP contribution is -2.04. The fourth-order valence-electron chi connectivity index (χ4n) is 1.78. The van der Waals surface area contributed by atoms with Crippen LogP contribution in [0.15, 0.2) is 11.1 Å². The van der Waals surface area contributed by atoms with Crippen molar-refractivity contribution in [1.29, 1.82) is 10.5 Å². The zero-order chi connectivity index (χ0) is 14.8. The molecule has 0 spiro atoms. The topological polar surface area (TPSA) is 111 Å². The number of carbonyl (C=O) groups is 2. The summed E-state index contributed by atoms with van der Waals surface area (Å²) in [7, 11) is 1.25. The predicted octanol–water partition coefficient (Wildman–Crippen LogP) is 1.78. The molecule has 1 N–H and O–H groups in total. The molecule has 1 aliphatic carbocycles. The minimum absolute atomic E-state index is 0.0417. The van der Waals surface area contributed by atoms with Crippen LogP contribution in [0.4, 0.5) is 0 Å². The van der Waals surface area contributed by atoms with Gasteiger partial charge < -0.3 is 9.84 Å². The summed E-state index contributed by atoms with van der Waals surface area (Å²) in [5.74, 6) is -1.29. The number of carboxylic acid groups (broad SMARTS) is 1. The Labute approximate surface area is 111 Å². The molecule has 1 atom stereocenters. The number of nitriles is 2. The summed E-state index contributed by atoms with van der Waals surface area (Å²) in [6, 6.07) is 3.40. The quantitative estimate of drug-likeness (QED) is 0.462. The molecule has 0 aliphatic heterocycles. The molecular weight excluding hydrogens is 248 g/mol. The number of carboxylic acids is 1. The third kappa shape index (κ3) is 5.69. The van der Waals surface area contributed by atoms with E-state index in [2.05, 4.69) is 4.74 Å². The van der Waals surface area contributed by atoms with E-state index in [4.69, 9.17) is 15.6 Å². The molecular formula is C13H16N2O4. The smallest absolute Gasteiger partial charge is 0.346 e. The molecule has 1 rings (SSSR count). The van der Waals surface area contributed by atoms with E-state index in [9.17, 15) is 9.59 Å². The molecule has 19 heavy (non-hydrogen) atoms. The maximum absolute atomic E-state index is 10.6. The summed E-state index contributed by atoms with van der Waals surface area (Å²) in [4.78, 5) is 20.5. The lowest BCUT2D eigenvalue weighted by atomic mass is 10.00. The van der Waals surface area contributed by atoms with E-state index < -0.39 is 11.9 Å². The Balaban J connectivity index is 0.000000399. The molecule has 0 heterocycles. The highest BCUT2D eigenvalue weighted by Gasteiger charge is 2.23. The summed E-state index contributed by atoms with van der Waals surface area (Å²) >= 11 is 0. The molecule has 0 aromatic heterocycles. The Kier molecular flexibility index (Phi) is 7.64. The van der Waals surface area contributed by atoms with Crippen LogP contribution in [0.2, 0.25) is 0 Å². The van der Waals surface area contributed by atoms with Gasteiger partial charge in [-0.3, -0.25) is 4.79 Å². The van der Waals surface area contributed by atoms with Crippen molar-refractivity contribution < 1.29 is 19.4 Å². The second-order valence-electron chi connectivity index (χ2n) is 4.02. The van der Waals surface area contributed by atoms with Crippen molar-refractivity contribution in [2.75, 3.05) is 7.11 Å². The molecule has 1 aliphatic rings. The van der Waals surface area contributed by atoms with Crippen LogP contribution in [0.3, 0.4) is 0 Å². The van der Waals surface area contributed by atoms with Crippen molar-refractivity contribution in [3.8, 4) is 12.1 Å². The number of hydrogen-bond acceptors (Lipinski definition) is 5. The van der Waals surface area contributed by atoms with Crippen LogP contribution < -0.4 is 0 Å². The third-order valence-electron chi connectivity index (χ3n) is 2.78. The average molecular weight is 264 g/mol. The van der Waals surface area contributed by atoms with Gasteiger partial charge in [-0.05, 0) is 30.8 Å². The molecule has 0 aromatic rings. The molecule has 1 fully saturated rings. The minimum Gasteiger partial charge on any atom is -0.477 e. The monoisotopic (exact) mass is 264 g/mol. The van der Waals surface area contributed by atoms with Gasteiger partial charge in [0.25, 0.3) is 0 Å². The number of nitrogens with zero attached hydrogens (tertiary/aromatic N) is 2. The molecule has 6 nitrogen and oxygen atoms in total. The van der Waals surface area contributed by atoms with Crippen LogP contribution in [0.1, 0.15) is 32.6 Å². The van der Waals surface area contributed by atoms with Crippen LogP contribution >= 0.6 is 0 Å². The van der Waals surface area contributed by atoms with E-state index in [1.165, 1.54) is 7.11 Å². The highest BCUT2D eigenvalue weighted by Crippen LogP contribution is 2.32. The Morgan fingerprint density at radius 3 is 2.37 bits per heavy atom. The lowest BCUT2D eigenvalue weighted by molar-refractivity contribution is -0.139. The highest BCUT2D eigenvalue weighted by atomic mass is 16.5. The van der Waals surface area contributed by atoms with Gasteiger partial charge in [0.2, 0.25) is 0 Å². The van der Waals surface area contributed by atoms with Gasteiger partial charge in [0.1, 0.15) is 18.1 Å². The van der Waals surface area contributed by atoms with Crippen LogP contribution in [0.25, 0.3) is 0 Å². The van der Waals surface area contributed by atoms with Gasteiger partial charge in [-0.25, -0.2) is 4.79 Å². The molecule has 0 amide bonds. The van der Waals surface area contributed by atoms with Crippen LogP contribution in [0, 0.1) is 28.6 Å². The first-order valence-corrected chi connectivity index (χ1v) is 5.78. The van der Waals surface area contributed by atoms with Crippen molar-refractivity contribution >= 4 is 11.9 Å². The normalized spacial score (nSPS) is 19.3. The Morgan fingerprint density at radius 2 is 2.11 bits per heavy atom. The summed E-state index contributed by atoms with van der Waals surface area (Å²) in [6.07, 6.45) is 2.63. The number of allylic oxidation sites excluding steroid dienone is 1. The van der Waals surface area contributed by atoms with Crippen molar-refractivity contribution in [2.45, 2.75) is 32.6 Å². The maximum atomic E-state index is 10.6. The molecule has 6 heteroatoms. The summed E-state index contributed by atoms with van der Waals surface area (Å²) in [5, 5.41) is 25.1. The Morgan fingerprint density at radius 1 is 1.47 bits per heavy atom. The minimum atomic E-state index is -1.08. The fourth-order valence-corrected chi connectivity index (χ4v) is 1.78. The van der Waals surface area contributed by atoms with E-state index >= 15 is 0 Å². The molecule has 1 unspecified atom stereocenters. The number of carbonyl (C=O) groups excluding carboxylic acids is 1. The van der Waals surface area contributed by atoms with Gasteiger partial charge in [-0.1, -0.05) is 6.92 Å². The van der Waals surface area contributed by atoms with Crippen LogP contribution in [0.5, 0.6) is 0 Å². The highest BCUT2D eigenvalue weighted by molar-refractivity contribution is 5.92. The molecule has 0 radical (unpaired) electrons. The zero-order valence-electron chi connectivity index (χ0n) is 11.0. The van der Waals surface area contributed by atoms with Crippen LogP contribution in [-0.2, 0) is 14.3 Å². The van der Waals surface area contributed by atoms with Gasteiger partial charge in [0, 0.05) is 0 Å².